The molecule has 0 aliphatic rings. The molecule has 1 aromatic heterocycles. The number of alkyl halides is 3. The summed E-state index contributed by atoms with van der Waals surface area (Å²) in [5, 5.41) is 18.2. The molecule has 3 N–H and O–H groups in total. The summed E-state index contributed by atoms with van der Waals surface area (Å²) in [7, 11) is 0. The monoisotopic (exact) mass is 462 g/mol. The van der Waals surface area contributed by atoms with Crippen LogP contribution in [0.1, 0.15) is 21.7 Å². The largest absolute Gasteiger partial charge is 0.459 e. The predicted octanol–water partition coefficient (Wildman–Crippen LogP) is 4.82. The van der Waals surface area contributed by atoms with Crippen LogP contribution in [0.15, 0.2) is 59.2 Å². The lowest BCUT2D eigenvalue weighted by Gasteiger charge is -2.16. The number of hydrogen-bond donors (Lipinski definition) is 3. The SMILES string of the molecule is Cc1c(NC(=O)CNc2ccc(NC(=O)c3ccco3)cc2C(F)(F)F)cccc1[N+](=O)[O-]. The van der Waals surface area contributed by atoms with Crippen LogP contribution in [0.5, 0.6) is 0 Å². The van der Waals surface area contributed by atoms with Gasteiger partial charge in [0.2, 0.25) is 5.91 Å². The van der Waals surface area contributed by atoms with Gasteiger partial charge >= 0.3 is 6.18 Å². The second-order valence-corrected chi connectivity index (χ2v) is 6.80. The van der Waals surface area contributed by atoms with E-state index in [2.05, 4.69) is 16.0 Å². The number of rotatable bonds is 7. The number of hydrogen-bond acceptors (Lipinski definition) is 6. The zero-order valence-electron chi connectivity index (χ0n) is 17.0. The fourth-order valence-corrected chi connectivity index (χ4v) is 2.94. The molecule has 172 valence electrons. The fourth-order valence-electron chi connectivity index (χ4n) is 2.94. The molecule has 12 heteroatoms. The van der Waals surface area contributed by atoms with Gasteiger partial charge in [0, 0.05) is 17.4 Å². The van der Waals surface area contributed by atoms with Gasteiger partial charge in [-0.2, -0.15) is 13.2 Å². The number of amides is 2. The van der Waals surface area contributed by atoms with Gasteiger partial charge in [-0.25, -0.2) is 0 Å². The summed E-state index contributed by atoms with van der Waals surface area (Å²) in [5.74, 6) is -1.50. The van der Waals surface area contributed by atoms with Crippen molar-refractivity contribution in [3.05, 3.63) is 81.8 Å². The van der Waals surface area contributed by atoms with E-state index in [1.807, 2.05) is 0 Å². The maximum absolute atomic E-state index is 13.5. The standard InChI is InChI=1S/C21H17F3N4O5/c1-12-15(4-2-5-17(12)28(31)32)27-19(29)11-25-16-8-7-13(10-14(16)21(22,23)24)26-20(30)18-6-3-9-33-18/h2-10,25H,11H2,1H3,(H,26,30)(H,27,29). The van der Waals surface area contributed by atoms with Gasteiger partial charge in [0.05, 0.1) is 34.5 Å². The first-order valence-electron chi connectivity index (χ1n) is 9.40. The first kappa shape index (κ1) is 23.3. The third-order valence-corrected chi connectivity index (χ3v) is 4.54. The van der Waals surface area contributed by atoms with Gasteiger partial charge in [-0.1, -0.05) is 6.07 Å². The van der Waals surface area contributed by atoms with Gasteiger partial charge < -0.3 is 20.4 Å². The van der Waals surface area contributed by atoms with Crippen LogP contribution in [0.3, 0.4) is 0 Å². The molecule has 0 saturated carbocycles. The second-order valence-electron chi connectivity index (χ2n) is 6.80. The second kappa shape index (κ2) is 9.42. The van der Waals surface area contributed by atoms with Crippen LogP contribution in [-0.4, -0.2) is 23.3 Å². The predicted molar refractivity (Wildman–Crippen MR) is 113 cm³/mol. The number of halogens is 3. The molecule has 0 radical (unpaired) electrons. The Labute approximate surface area is 184 Å². The Kier molecular flexibility index (Phi) is 6.66. The Morgan fingerprint density at radius 2 is 1.82 bits per heavy atom. The average molecular weight is 462 g/mol. The summed E-state index contributed by atoms with van der Waals surface area (Å²) >= 11 is 0. The number of nitrogens with zero attached hydrogens (tertiary/aromatic N) is 1. The quantitative estimate of drug-likeness (QED) is 0.341. The van der Waals surface area contributed by atoms with E-state index in [1.165, 1.54) is 49.6 Å². The molecule has 2 aromatic carbocycles. The van der Waals surface area contributed by atoms with Crippen molar-refractivity contribution in [2.75, 3.05) is 22.5 Å². The molecule has 9 nitrogen and oxygen atoms in total. The van der Waals surface area contributed by atoms with E-state index in [4.69, 9.17) is 4.42 Å². The van der Waals surface area contributed by atoms with Gasteiger partial charge in [-0.15, -0.1) is 0 Å². The molecule has 33 heavy (non-hydrogen) atoms. The van der Waals surface area contributed by atoms with Crippen LogP contribution >= 0.6 is 0 Å². The maximum Gasteiger partial charge on any atom is 0.418 e. The molecule has 0 fully saturated rings. The number of carbonyl (C=O) groups excluding carboxylic acids is 2. The van der Waals surface area contributed by atoms with E-state index in [1.54, 1.807) is 0 Å². The minimum atomic E-state index is -4.78. The Morgan fingerprint density at radius 3 is 2.45 bits per heavy atom. The van der Waals surface area contributed by atoms with Gasteiger partial charge in [0.25, 0.3) is 11.6 Å². The summed E-state index contributed by atoms with van der Waals surface area (Å²) < 4.78 is 45.5. The van der Waals surface area contributed by atoms with Crippen molar-refractivity contribution in [2.45, 2.75) is 13.1 Å². The van der Waals surface area contributed by atoms with Crippen LogP contribution < -0.4 is 16.0 Å². The number of nitrogens with one attached hydrogen (secondary N) is 3. The summed E-state index contributed by atoms with van der Waals surface area (Å²) in [4.78, 5) is 34.6. The highest BCUT2D eigenvalue weighted by molar-refractivity contribution is 6.02. The molecule has 1 heterocycles. The van der Waals surface area contributed by atoms with Gasteiger partial charge in [0.1, 0.15) is 0 Å². The molecule has 0 aliphatic heterocycles. The van der Waals surface area contributed by atoms with E-state index < -0.39 is 35.0 Å². The Morgan fingerprint density at radius 1 is 1.06 bits per heavy atom. The van der Waals surface area contributed by atoms with E-state index in [-0.39, 0.29) is 34.1 Å². The highest BCUT2D eigenvalue weighted by atomic mass is 19.4. The third-order valence-electron chi connectivity index (χ3n) is 4.54. The molecular weight excluding hydrogens is 445 g/mol. The van der Waals surface area contributed by atoms with Crippen molar-refractivity contribution in [3.8, 4) is 0 Å². The lowest BCUT2D eigenvalue weighted by Crippen LogP contribution is -2.23. The zero-order chi connectivity index (χ0) is 24.2. The third kappa shape index (κ3) is 5.67. The number of carbonyl (C=O) groups is 2. The Hall–Kier alpha value is -4.35. The molecular formula is C21H17F3N4O5. The number of furan rings is 1. The van der Waals surface area contributed by atoms with Crippen molar-refractivity contribution in [1.82, 2.24) is 0 Å². The summed E-state index contributed by atoms with van der Waals surface area (Å²) in [5.41, 5.74) is -1.42. The molecule has 0 atom stereocenters. The van der Waals surface area contributed by atoms with Gasteiger partial charge in [-0.05, 0) is 43.3 Å². The number of benzene rings is 2. The molecule has 0 unspecified atom stereocenters. The minimum Gasteiger partial charge on any atom is -0.459 e. The lowest BCUT2D eigenvalue weighted by atomic mass is 10.1. The van der Waals surface area contributed by atoms with Crippen molar-refractivity contribution in [1.29, 1.82) is 0 Å². The van der Waals surface area contributed by atoms with Crippen LogP contribution in [0.25, 0.3) is 0 Å². The molecule has 0 spiro atoms. The van der Waals surface area contributed by atoms with E-state index in [0.717, 1.165) is 12.1 Å². The van der Waals surface area contributed by atoms with Crippen molar-refractivity contribution < 1.29 is 32.1 Å². The Bertz CT molecular complexity index is 1190. The van der Waals surface area contributed by atoms with Crippen LogP contribution in [0.2, 0.25) is 0 Å². The molecule has 0 saturated heterocycles. The first-order chi connectivity index (χ1) is 15.6. The highest BCUT2D eigenvalue weighted by Crippen LogP contribution is 2.36. The topological polar surface area (TPSA) is 127 Å². The minimum absolute atomic E-state index is 0.0705. The van der Waals surface area contributed by atoms with E-state index >= 15 is 0 Å². The van der Waals surface area contributed by atoms with E-state index in [9.17, 15) is 32.9 Å². The van der Waals surface area contributed by atoms with Gasteiger partial charge in [-0.3, -0.25) is 19.7 Å². The van der Waals surface area contributed by atoms with Crippen molar-refractivity contribution in [2.24, 2.45) is 0 Å². The van der Waals surface area contributed by atoms with Crippen LogP contribution in [0, 0.1) is 17.0 Å². The number of nitro groups is 1. The Balaban J connectivity index is 1.72. The molecule has 3 rings (SSSR count). The zero-order valence-corrected chi connectivity index (χ0v) is 17.0. The van der Waals surface area contributed by atoms with Gasteiger partial charge in [0.15, 0.2) is 5.76 Å². The van der Waals surface area contributed by atoms with Crippen molar-refractivity contribution in [3.63, 3.8) is 0 Å². The van der Waals surface area contributed by atoms with Crippen molar-refractivity contribution >= 4 is 34.6 Å². The average Bonchev–Trinajstić information content (AvgIpc) is 3.28. The number of anilines is 3. The normalized spacial score (nSPS) is 11.0. The highest BCUT2D eigenvalue weighted by Gasteiger charge is 2.34. The first-order valence-corrected chi connectivity index (χ1v) is 9.40. The molecule has 0 bridgehead atoms. The fraction of sp³-hybridized carbons (Fsp3) is 0.143. The molecule has 3 aromatic rings. The van der Waals surface area contributed by atoms with Crippen LogP contribution in [-0.2, 0) is 11.0 Å². The van der Waals surface area contributed by atoms with E-state index in [0.29, 0.717) is 0 Å². The number of nitro benzene ring substituents is 1. The molecule has 2 amide bonds. The lowest BCUT2D eigenvalue weighted by molar-refractivity contribution is -0.385. The van der Waals surface area contributed by atoms with Crippen LogP contribution in [0.4, 0.5) is 35.9 Å². The summed E-state index contributed by atoms with van der Waals surface area (Å²) in [6, 6.07) is 9.95. The maximum atomic E-state index is 13.5. The molecule has 0 aliphatic carbocycles. The smallest absolute Gasteiger partial charge is 0.418 e. The summed E-state index contributed by atoms with van der Waals surface area (Å²) in [6.07, 6.45) is -3.52. The summed E-state index contributed by atoms with van der Waals surface area (Å²) in [6.45, 7) is 0.905.